The molecule has 0 amide bonds. The monoisotopic (exact) mass is 382 g/mol. The van der Waals surface area contributed by atoms with Gasteiger partial charge >= 0.3 is 6.18 Å². The average Bonchev–Trinajstić information content (AvgIpc) is 2.59. The third kappa shape index (κ3) is 6.62. The summed E-state index contributed by atoms with van der Waals surface area (Å²) in [5.41, 5.74) is 7.35. The molecule has 148 valence electrons. The maximum absolute atomic E-state index is 12.8. The van der Waals surface area contributed by atoms with Crippen LogP contribution in [-0.2, 0) is 12.7 Å². The van der Waals surface area contributed by atoms with Crippen LogP contribution in [0.2, 0.25) is 0 Å². The van der Waals surface area contributed by atoms with Gasteiger partial charge in [-0.15, -0.1) is 0 Å². The minimum Gasteiger partial charge on any atom is -0.493 e. The predicted molar refractivity (Wildman–Crippen MR) is 99.6 cm³/mol. The van der Waals surface area contributed by atoms with Gasteiger partial charge in [-0.05, 0) is 25.0 Å². The molecule has 1 heterocycles. The molecule has 2 aromatic rings. The zero-order valence-corrected chi connectivity index (χ0v) is 15.6. The van der Waals surface area contributed by atoms with E-state index in [0.717, 1.165) is 36.1 Å². The highest BCUT2D eigenvalue weighted by Crippen LogP contribution is 2.28. The summed E-state index contributed by atoms with van der Waals surface area (Å²) >= 11 is 0. The van der Waals surface area contributed by atoms with E-state index in [4.69, 9.17) is 10.5 Å². The van der Waals surface area contributed by atoms with Crippen LogP contribution >= 0.6 is 0 Å². The lowest BCUT2D eigenvalue weighted by atomic mass is 10.1. The van der Waals surface area contributed by atoms with Gasteiger partial charge in [0.05, 0.1) is 6.61 Å². The number of anilines is 2. The number of alkyl halides is 3. The summed E-state index contributed by atoms with van der Waals surface area (Å²) in [5.74, 6) is -0.765. The molecule has 0 saturated heterocycles. The molecule has 0 aliphatic heterocycles. The van der Waals surface area contributed by atoms with E-state index in [1.165, 1.54) is 12.5 Å². The van der Waals surface area contributed by atoms with E-state index in [1.54, 1.807) is 0 Å². The zero-order chi connectivity index (χ0) is 19.9. The van der Waals surface area contributed by atoms with Gasteiger partial charge in [0.1, 0.15) is 17.4 Å². The Morgan fingerprint density at radius 3 is 2.59 bits per heavy atom. The van der Waals surface area contributed by atoms with Crippen LogP contribution in [0.15, 0.2) is 24.3 Å². The molecule has 3 N–H and O–H groups in total. The van der Waals surface area contributed by atoms with E-state index in [2.05, 4.69) is 22.2 Å². The Bertz CT molecular complexity index is 750. The molecular weight excluding hydrogens is 357 g/mol. The second-order valence-electron chi connectivity index (χ2n) is 6.37. The van der Waals surface area contributed by atoms with Crippen molar-refractivity contribution in [2.24, 2.45) is 0 Å². The molecule has 0 fully saturated rings. The Morgan fingerprint density at radius 1 is 1.11 bits per heavy atom. The summed E-state index contributed by atoms with van der Waals surface area (Å²) in [6.07, 6.45) is -0.255. The SMILES string of the molecule is CCCCCCOc1cc(C)ccc1CNc1cc(N)nc(C(F)(F)F)n1. The lowest BCUT2D eigenvalue weighted by Crippen LogP contribution is -2.14. The number of nitrogens with zero attached hydrogens (tertiary/aromatic N) is 2. The van der Waals surface area contributed by atoms with Crippen LogP contribution < -0.4 is 15.8 Å². The van der Waals surface area contributed by atoms with Gasteiger partial charge in [-0.1, -0.05) is 38.3 Å². The Kier molecular flexibility index (Phi) is 7.27. The van der Waals surface area contributed by atoms with E-state index in [9.17, 15) is 13.2 Å². The second-order valence-corrected chi connectivity index (χ2v) is 6.37. The molecule has 0 radical (unpaired) electrons. The number of nitrogens with one attached hydrogen (secondary N) is 1. The number of benzene rings is 1. The van der Waals surface area contributed by atoms with Gasteiger partial charge in [0.15, 0.2) is 0 Å². The number of hydrogen-bond donors (Lipinski definition) is 2. The molecule has 0 saturated carbocycles. The van der Waals surface area contributed by atoms with Crippen LogP contribution in [0.25, 0.3) is 0 Å². The standard InChI is InChI=1S/C19H25F3N4O/c1-3-4-5-6-9-27-15-10-13(2)7-8-14(15)12-24-17-11-16(23)25-18(26-17)19(20,21)22/h7-8,10-11H,3-6,9,12H2,1-2H3,(H3,23,24,25,26). The molecule has 8 heteroatoms. The van der Waals surface area contributed by atoms with Crippen molar-refractivity contribution in [2.45, 2.75) is 52.3 Å². The third-order valence-electron chi connectivity index (χ3n) is 3.94. The number of hydrogen-bond acceptors (Lipinski definition) is 5. The number of unbranched alkanes of at least 4 members (excludes halogenated alkanes) is 3. The van der Waals surface area contributed by atoms with Crippen molar-refractivity contribution in [3.63, 3.8) is 0 Å². The fourth-order valence-corrected chi connectivity index (χ4v) is 2.52. The van der Waals surface area contributed by atoms with Crippen molar-refractivity contribution < 1.29 is 17.9 Å². The first kappa shape index (κ1) is 20.8. The molecule has 0 atom stereocenters. The molecule has 0 aliphatic rings. The first-order valence-electron chi connectivity index (χ1n) is 8.97. The van der Waals surface area contributed by atoms with Gasteiger partial charge in [-0.25, -0.2) is 9.97 Å². The first-order chi connectivity index (χ1) is 12.8. The Labute approximate surface area is 157 Å². The van der Waals surface area contributed by atoms with Gasteiger partial charge in [-0.3, -0.25) is 0 Å². The van der Waals surface area contributed by atoms with E-state index < -0.39 is 12.0 Å². The summed E-state index contributed by atoms with van der Waals surface area (Å²) in [7, 11) is 0. The Morgan fingerprint density at radius 2 is 1.89 bits per heavy atom. The van der Waals surface area contributed by atoms with Crippen LogP contribution in [0.3, 0.4) is 0 Å². The Balaban J connectivity index is 2.06. The van der Waals surface area contributed by atoms with Gasteiger partial charge in [0, 0.05) is 18.2 Å². The van der Waals surface area contributed by atoms with Crippen molar-refractivity contribution >= 4 is 11.6 Å². The fraction of sp³-hybridized carbons (Fsp3) is 0.474. The van der Waals surface area contributed by atoms with E-state index in [1.807, 2.05) is 25.1 Å². The smallest absolute Gasteiger partial charge is 0.451 e. The number of aryl methyl sites for hydroxylation is 1. The van der Waals surface area contributed by atoms with Crippen LogP contribution in [0.1, 0.15) is 49.6 Å². The number of ether oxygens (including phenoxy) is 1. The maximum Gasteiger partial charge on any atom is 0.451 e. The fourth-order valence-electron chi connectivity index (χ4n) is 2.52. The van der Waals surface area contributed by atoms with Crippen molar-refractivity contribution in [1.82, 2.24) is 9.97 Å². The van der Waals surface area contributed by atoms with E-state index >= 15 is 0 Å². The van der Waals surface area contributed by atoms with Crippen molar-refractivity contribution in [3.8, 4) is 5.75 Å². The van der Waals surface area contributed by atoms with Gasteiger partial charge < -0.3 is 15.8 Å². The minimum absolute atomic E-state index is 0.0179. The second kappa shape index (κ2) is 9.43. The molecule has 1 aromatic heterocycles. The van der Waals surface area contributed by atoms with Gasteiger partial charge in [0.2, 0.25) is 5.82 Å². The van der Waals surface area contributed by atoms with Crippen LogP contribution in [0.5, 0.6) is 5.75 Å². The first-order valence-corrected chi connectivity index (χ1v) is 8.97. The highest BCUT2D eigenvalue weighted by Gasteiger charge is 2.35. The maximum atomic E-state index is 12.8. The molecule has 0 unspecified atom stereocenters. The molecule has 0 spiro atoms. The number of nitrogens with two attached hydrogens (primary N) is 1. The number of rotatable bonds is 9. The van der Waals surface area contributed by atoms with Gasteiger partial charge in [-0.2, -0.15) is 13.2 Å². The average molecular weight is 382 g/mol. The lowest BCUT2D eigenvalue weighted by Gasteiger charge is -2.14. The van der Waals surface area contributed by atoms with E-state index in [-0.39, 0.29) is 18.2 Å². The van der Waals surface area contributed by atoms with Crippen molar-refractivity contribution in [1.29, 1.82) is 0 Å². The van der Waals surface area contributed by atoms with Crippen LogP contribution in [0, 0.1) is 6.92 Å². The summed E-state index contributed by atoms with van der Waals surface area (Å²) in [6.45, 7) is 4.98. The van der Waals surface area contributed by atoms with Crippen LogP contribution in [-0.4, -0.2) is 16.6 Å². The molecule has 5 nitrogen and oxygen atoms in total. The van der Waals surface area contributed by atoms with Crippen molar-refractivity contribution in [2.75, 3.05) is 17.7 Å². The largest absolute Gasteiger partial charge is 0.493 e. The number of nitrogen functional groups attached to an aromatic ring is 1. The highest BCUT2D eigenvalue weighted by atomic mass is 19.4. The summed E-state index contributed by atoms with van der Waals surface area (Å²) < 4.78 is 44.3. The third-order valence-corrected chi connectivity index (χ3v) is 3.94. The van der Waals surface area contributed by atoms with Crippen molar-refractivity contribution in [3.05, 3.63) is 41.2 Å². The lowest BCUT2D eigenvalue weighted by molar-refractivity contribution is -0.144. The van der Waals surface area contributed by atoms with E-state index in [0.29, 0.717) is 6.61 Å². The topological polar surface area (TPSA) is 73.1 Å². The molecule has 1 aromatic carbocycles. The van der Waals surface area contributed by atoms with Gasteiger partial charge in [0.25, 0.3) is 0 Å². The molecule has 27 heavy (non-hydrogen) atoms. The number of halogens is 3. The summed E-state index contributed by atoms with van der Waals surface area (Å²) in [6, 6.07) is 7.01. The summed E-state index contributed by atoms with van der Waals surface area (Å²) in [4.78, 5) is 6.73. The number of aromatic nitrogens is 2. The molecule has 0 bridgehead atoms. The molecular formula is C19H25F3N4O. The highest BCUT2D eigenvalue weighted by molar-refractivity contribution is 5.47. The van der Waals surface area contributed by atoms with Crippen LogP contribution in [0.4, 0.5) is 24.8 Å². The molecule has 2 rings (SSSR count). The zero-order valence-electron chi connectivity index (χ0n) is 15.6. The Hall–Kier alpha value is -2.51. The summed E-state index contributed by atoms with van der Waals surface area (Å²) in [5, 5.41) is 2.87. The molecule has 0 aliphatic carbocycles. The quantitative estimate of drug-likeness (QED) is 0.600. The predicted octanol–water partition coefficient (Wildman–Crippen LogP) is 4.96. The normalized spacial score (nSPS) is 11.4. The minimum atomic E-state index is -4.65.